The number of hydrogen-bond donors (Lipinski definition) is 1. The lowest BCUT2D eigenvalue weighted by Gasteiger charge is -2.42. The molecule has 6 nitrogen and oxygen atoms in total. The van der Waals surface area contributed by atoms with Crippen LogP contribution in [0.4, 0.5) is 0 Å². The van der Waals surface area contributed by atoms with Crippen LogP contribution in [0.25, 0.3) is 0 Å². The second-order valence-corrected chi connectivity index (χ2v) is 9.08. The van der Waals surface area contributed by atoms with Crippen molar-refractivity contribution in [1.82, 2.24) is 20.2 Å². The first-order valence-corrected chi connectivity index (χ1v) is 12.5. The largest absolute Gasteiger partial charge is 0.338 e. The molecule has 1 aromatic carbocycles. The zero-order valence-electron chi connectivity index (χ0n) is 19.8. The number of rotatable bonds is 6. The minimum Gasteiger partial charge on any atom is -0.338 e. The summed E-state index contributed by atoms with van der Waals surface area (Å²) in [6.45, 7) is 9.81. The summed E-state index contributed by atoms with van der Waals surface area (Å²) in [6, 6.07) is 8.06. The first-order valence-electron chi connectivity index (χ1n) is 12.1. The van der Waals surface area contributed by atoms with Gasteiger partial charge in [-0.2, -0.15) is 0 Å². The SMILES string of the molecule is CC.CCCCC1CN(CC(=O)N2CCCC2C)C(=O)C2=CC(c3ccc(Cl)cc3)NN21. The summed E-state index contributed by atoms with van der Waals surface area (Å²) in [4.78, 5) is 29.8. The van der Waals surface area contributed by atoms with Crippen molar-refractivity contribution in [2.75, 3.05) is 19.6 Å². The van der Waals surface area contributed by atoms with Gasteiger partial charge in [-0.25, -0.2) is 5.43 Å². The summed E-state index contributed by atoms with van der Waals surface area (Å²) in [5, 5.41) is 2.73. The molecule has 32 heavy (non-hydrogen) atoms. The van der Waals surface area contributed by atoms with E-state index in [2.05, 4.69) is 19.3 Å². The molecular formula is C25H37ClN4O2. The van der Waals surface area contributed by atoms with Crippen LogP contribution in [0.1, 0.15) is 71.4 Å². The van der Waals surface area contributed by atoms with Gasteiger partial charge in [-0.05, 0) is 50.0 Å². The number of amides is 2. The second-order valence-electron chi connectivity index (χ2n) is 8.64. The number of carbonyl (C=O) groups excluding carboxylic acids is 2. The molecule has 1 aromatic rings. The number of likely N-dealkylation sites (tertiary alicyclic amines) is 1. The normalized spacial score (nSPS) is 24.8. The number of benzene rings is 1. The van der Waals surface area contributed by atoms with Crippen LogP contribution >= 0.6 is 11.6 Å². The summed E-state index contributed by atoms with van der Waals surface area (Å²) in [5.41, 5.74) is 5.23. The first kappa shape index (κ1) is 24.6. The lowest BCUT2D eigenvalue weighted by Crippen LogP contribution is -2.58. The van der Waals surface area contributed by atoms with E-state index in [1.807, 2.05) is 54.1 Å². The van der Waals surface area contributed by atoms with Crippen molar-refractivity contribution < 1.29 is 9.59 Å². The predicted octanol–water partition coefficient (Wildman–Crippen LogP) is 4.52. The van der Waals surface area contributed by atoms with Gasteiger partial charge in [-0.1, -0.05) is 57.3 Å². The first-order chi connectivity index (χ1) is 15.5. The number of carbonyl (C=O) groups is 2. The fourth-order valence-electron chi connectivity index (χ4n) is 4.75. The molecular weight excluding hydrogens is 424 g/mol. The van der Waals surface area contributed by atoms with Crippen LogP contribution in [0.5, 0.6) is 0 Å². The van der Waals surface area contributed by atoms with E-state index >= 15 is 0 Å². The van der Waals surface area contributed by atoms with E-state index in [0.29, 0.717) is 17.3 Å². The van der Waals surface area contributed by atoms with E-state index in [0.717, 1.165) is 44.2 Å². The molecule has 3 unspecified atom stereocenters. The second kappa shape index (κ2) is 11.2. The molecule has 3 aliphatic heterocycles. The maximum atomic E-state index is 13.3. The average Bonchev–Trinajstić information content (AvgIpc) is 3.44. The molecule has 0 aromatic heterocycles. The third-order valence-corrected chi connectivity index (χ3v) is 6.74. The highest BCUT2D eigenvalue weighted by atomic mass is 35.5. The third kappa shape index (κ3) is 5.29. The lowest BCUT2D eigenvalue weighted by molar-refractivity contribution is -0.143. The third-order valence-electron chi connectivity index (χ3n) is 6.48. The molecule has 176 valence electrons. The van der Waals surface area contributed by atoms with Gasteiger partial charge < -0.3 is 9.80 Å². The fraction of sp³-hybridized carbons (Fsp3) is 0.600. The molecule has 2 fully saturated rings. The molecule has 0 saturated carbocycles. The molecule has 4 rings (SSSR count). The maximum absolute atomic E-state index is 13.3. The monoisotopic (exact) mass is 460 g/mol. The van der Waals surface area contributed by atoms with Crippen LogP contribution in [0, 0.1) is 0 Å². The van der Waals surface area contributed by atoms with Crippen molar-refractivity contribution in [1.29, 1.82) is 0 Å². The standard InChI is InChI=1S/C23H31ClN4O2.C2H6/c1-3-4-7-19-14-26(15-22(29)27-12-5-6-16(27)2)23(30)21-13-20(25-28(19)21)17-8-10-18(24)11-9-17;1-2/h8-11,13,16,19-20,25H,3-7,12,14-15H2,1-2H3;1-2H3. The van der Waals surface area contributed by atoms with Gasteiger partial charge >= 0.3 is 0 Å². The van der Waals surface area contributed by atoms with E-state index in [1.165, 1.54) is 0 Å². The van der Waals surface area contributed by atoms with Gasteiger partial charge in [0.05, 0.1) is 12.1 Å². The zero-order chi connectivity index (χ0) is 23.3. The highest BCUT2D eigenvalue weighted by Gasteiger charge is 2.41. The Morgan fingerprint density at radius 1 is 1.22 bits per heavy atom. The Kier molecular flexibility index (Phi) is 8.60. The van der Waals surface area contributed by atoms with Gasteiger partial charge in [0.1, 0.15) is 12.2 Å². The van der Waals surface area contributed by atoms with E-state index in [-0.39, 0.29) is 36.5 Å². The van der Waals surface area contributed by atoms with Crippen LogP contribution in [0.3, 0.4) is 0 Å². The summed E-state index contributed by atoms with van der Waals surface area (Å²) in [5.74, 6) is 0.00348. The molecule has 2 saturated heterocycles. The van der Waals surface area contributed by atoms with E-state index < -0.39 is 0 Å². The molecule has 0 bridgehead atoms. The van der Waals surface area contributed by atoms with Gasteiger partial charge in [-0.15, -0.1) is 0 Å². The Hall–Kier alpha value is -2.05. The molecule has 3 heterocycles. The Labute approximate surface area is 197 Å². The molecule has 2 amide bonds. The number of unbranched alkanes of at least 4 members (excludes halogenated alkanes) is 1. The summed E-state index contributed by atoms with van der Waals surface area (Å²) in [6.07, 6.45) is 7.24. The average molecular weight is 461 g/mol. The van der Waals surface area contributed by atoms with Crippen LogP contribution in [-0.4, -0.2) is 58.3 Å². The summed E-state index contributed by atoms with van der Waals surface area (Å²) >= 11 is 6.03. The molecule has 1 N–H and O–H groups in total. The Bertz CT molecular complexity index is 826. The van der Waals surface area contributed by atoms with Gasteiger partial charge in [-0.3, -0.25) is 14.6 Å². The topological polar surface area (TPSA) is 55.9 Å². The van der Waals surface area contributed by atoms with Crippen molar-refractivity contribution in [3.05, 3.63) is 46.6 Å². The molecule has 3 atom stereocenters. The van der Waals surface area contributed by atoms with E-state index in [9.17, 15) is 9.59 Å². The summed E-state index contributed by atoms with van der Waals surface area (Å²) < 4.78 is 0. The number of nitrogens with one attached hydrogen (secondary N) is 1. The van der Waals surface area contributed by atoms with Crippen molar-refractivity contribution >= 4 is 23.4 Å². The molecule has 0 aliphatic carbocycles. The maximum Gasteiger partial charge on any atom is 0.271 e. The predicted molar refractivity (Wildman–Crippen MR) is 129 cm³/mol. The molecule has 0 radical (unpaired) electrons. The number of fused-ring (bicyclic) bond motifs is 1. The van der Waals surface area contributed by atoms with Gasteiger partial charge in [0.15, 0.2) is 0 Å². The lowest BCUT2D eigenvalue weighted by atomic mass is 10.0. The minimum absolute atomic E-state index is 0.0630. The van der Waals surface area contributed by atoms with Crippen molar-refractivity contribution in [3.8, 4) is 0 Å². The molecule has 7 heteroatoms. The van der Waals surface area contributed by atoms with Crippen LogP contribution < -0.4 is 5.43 Å². The number of nitrogens with zero attached hydrogens (tertiary/aromatic N) is 3. The minimum atomic E-state index is -0.0698. The van der Waals surface area contributed by atoms with Crippen LogP contribution in [0.15, 0.2) is 36.0 Å². The Balaban J connectivity index is 0.00000141. The van der Waals surface area contributed by atoms with Crippen LogP contribution in [0.2, 0.25) is 5.02 Å². The number of piperazine rings is 1. The van der Waals surface area contributed by atoms with Crippen molar-refractivity contribution in [2.45, 2.75) is 77.9 Å². The number of hydrazine groups is 1. The van der Waals surface area contributed by atoms with Gasteiger partial charge in [0.2, 0.25) is 5.91 Å². The van der Waals surface area contributed by atoms with Gasteiger partial charge in [0.25, 0.3) is 5.91 Å². The zero-order valence-corrected chi connectivity index (χ0v) is 20.6. The van der Waals surface area contributed by atoms with Gasteiger partial charge in [0, 0.05) is 24.2 Å². The Morgan fingerprint density at radius 2 is 1.94 bits per heavy atom. The van der Waals surface area contributed by atoms with E-state index in [1.54, 1.807) is 4.90 Å². The fourth-order valence-corrected chi connectivity index (χ4v) is 4.87. The quantitative estimate of drug-likeness (QED) is 0.677. The van der Waals surface area contributed by atoms with E-state index in [4.69, 9.17) is 11.6 Å². The smallest absolute Gasteiger partial charge is 0.271 e. The molecule has 0 spiro atoms. The van der Waals surface area contributed by atoms with Crippen molar-refractivity contribution in [2.24, 2.45) is 0 Å². The van der Waals surface area contributed by atoms with Crippen LogP contribution in [-0.2, 0) is 9.59 Å². The number of hydrogen-bond acceptors (Lipinski definition) is 4. The highest BCUT2D eigenvalue weighted by molar-refractivity contribution is 6.30. The number of halogens is 1. The Morgan fingerprint density at radius 3 is 2.56 bits per heavy atom. The van der Waals surface area contributed by atoms with Crippen molar-refractivity contribution in [3.63, 3.8) is 0 Å². The molecule has 3 aliphatic rings. The highest BCUT2D eigenvalue weighted by Crippen LogP contribution is 2.32. The summed E-state index contributed by atoms with van der Waals surface area (Å²) in [7, 11) is 0.